The van der Waals surface area contributed by atoms with Gasteiger partial charge in [0, 0.05) is 38.3 Å². The number of urea groups is 1. The molecule has 1 fully saturated rings. The lowest BCUT2D eigenvalue weighted by Gasteiger charge is -2.38. The van der Waals surface area contributed by atoms with Crippen LogP contribution >= 0.6 is 0 Å². The van der Waals surface area contributed by atoms with Crippen molar-refractivity contribution in [2.75, 3.05) is 26.2 Å². The minimum atomic E-state index is 0.0822. The molecule has 1 unspecified atom stereocenters. The fourth-order valence-electron chi connectivity index (χ4n) is 1.96. The fraction of sp³-hybridized carbons (Fsp3) is 0.917. The first-order chi connectivity index (χ1) is 7.54. The average Bonchev–Trinajstić information content (AvgIpc) is 2.27. The molecule has 0 aliphatic carbocycles. The number of hydrogen-bond donors (Lipinski definition) is 1. The molecule has 0 radical (unpaired) electrons. The summed E-state index contributed by atoms with van der Waals surface area (Å²) in [6, 6.07) is 0.939. The molecule has 0 aromatic carbocycles. The van der Waals surface area contributed by atoms with E-state index in [4.69, 9.17) is 0 Å². The monoisotopic (exact) mass is 227 g/mol. The summed E-state index contributed by atoms with van der Waals surface area (Å²) in [4.78, 5) is 16.1. The SMILES string of the molecule is CCC(C)N1CCN(C(=O)NC(C)C)CC1. The lowest BCUT2D eigenvalue weighted by molar-refractivity contribution is 0.111. The topological polar surface area (TPSA) is 35.6 Å². The lowest BCUT2D eigenvalue weighted by Crippen LogP contribution is -2.54. The van der Waals surface area contributed by atoms with Crippen LogP contribution in [0, 0.1) is 0 Å². The zero-order valence-electron chi connectivity index (χ0n) is 11.0. The van der Waals surface area contributed by atoms with E-state index >= 15 is 0 Å². The summed E-state index contributed by atoms with van der Waals surface area (Å²) in [6.07, 6.45) is 1.18. The minimum absolute atomic E-state index is 0.0822. The Bertz CT molecular complexity index is 222. The number of nitrogens with one attached hydrogen (secondary N) is 1. The van der Waals surface area contributed by atoms with Crippen molar-refractivity contribution in [1.82, 2.24) is 15.1 Å². The summed E-state index contributed by atoms with van der Waals surface area (Å²) in [6.45, 7) is 12.2. The van der Waals surface area contributed by atoms with E-state index in [9.17, 15) is 4.79 Å². The molecular formula is C12H25N3O. The highest BCUT2D eigenvalue weighted by Gasteiger charge is 2.23. The van der Waals surface area contributed by atoms with E-state index in [2.05, 4.69) is 24.1 Å². The maximum atomic E-state index is 11.8. The summed E-state index contributed by atoms with van der Waals surface area (Å²) in [5.74, 6) is 0. The first-order valence-electron chi connectivity index (χ1n) is 6.34. The first kappa shape index (κ1) is 13.3. The second kappa shape index (κ2) is 6.09. The van der Waals surface area contributed by atoms with Crippen molar-refractivity contribution in [3.63, 3.8) is 0 Å². The highest BCUT2D eigenvalue weighted by atomic mass is 16.2. The first-order valence-corrected chi connectivity index (χ1v) is 6.34. The quantitative estimate of drug-likeness (QED) is 0.793. The van der Waals surface area contributed by atoms with Gasteiger partial charge < -0.3 is 10.2 Å². The molecule has 0 saturated carbocycles. The van der Waals surface area contributed by atoms with Crippen molar-refractivity contribution in [2.24, 2.45) is 0 Å². The van der Waals surface area contributed by atoms with Gasteiger partial charge in [0.2, 0.25) is 0 Å². The van der Waals surface area contributed by atoms with Gasteiger partial charge in [0.15, 0.2) is 0 Å². The molecule has 1 saturated heterocycles. The Labute approximate surface area is 99.0 Å². The molecule has 1 heterocycles. The molecule has 1 atom stereocenters. The maximum Gasteiger partial charge on any atom is 0.317 e. The van der Waals surface area contributed by atoms with Crippen LogP contribution in [-0.2, 0) is 0 Å². The Hall–Kier alpha value is -0.770. The van der Waals surface area contributed by atoms with E-state index in [1.165, 1.54) is 6.42 Å². The third-order valence-electron chi connectivity index (χ3n) is 3.23. The molecule has 2 amide bonds. The van der Waals surface area contributed by atoms with E-state index in [1.54, 1.807) is 0 Å². The van der Waals surface area contributed by atoms with Crippen LogP contribution in [0.25, 0.3) is 0 Å². The van der Waals surface area contributed by atoms with Crippen LogP contribution < -0.4 is 5.32 Å². The van der Waals surface area contributed by atoms with Crippen molar-refractivity contribution in [1.29, 1.82) is 0 Å². The van der Waals surface area contributed by atoms with Gasteiger partial charge in [-0.25, -0.2) is 4.79 Å². The minimum Gasteiger partial charge on any atom is -0.336 e. The Kier molecular flexibility index (Phi) is 5.06. The van der Waals surface area contributed by atoms with Crippen molar-refractivity contribution in [3.8, 4) is 0 Å². The summed E-state index contributed by atoms with van der Waals surface area (Å²) in [5, 5.41) is 2.94. The number of hydrogen-bond acceptors (Lipinski definition) is 2. The zero-order valence-corrected chi connectivity index (χ0v) is 11.0. The van der Waals surface area contributed by atoms with Crippen molar-refractivity contribution in [2.45, 2.75) is 46.2 Å². The van der Waals surface area contributed by atoms with Crippen LogP contribution in [-0.4, -0.2) is 54.1 Å². The van der Waals surface area contributed by atoms with Gasteiger partial charge in [-0.2, -0.15) is 0 Å². The number of rotatable bonds is 3. The second-order valence-electron chi connectivity index (χ2n) is 4.88. The molecule has 1 N–H and O–H groups in total. The van der Waals surface area contributed by atoms with Crippen molar-refractivity contribution >= 4 is 6.03 Å². The molecular weight excluding hydrogens is 202 g/mol. The van der Waals surface area contributed by atoms with Gasteiger partial charge in [0.1, 0.15) is 0 Å². The third-order valence-corrected chi connectivity index (χ3v) is 3.23. The van der Waals surface area contributed by atoms with E-state index in [-0.39, 0.29) is 12.1 Å². The van der Waals surface area contributed by atoms with E-state index < -0.39 is 0 Å². The molecule has 16 heavy (non-hydrogen) atoms. The van der Waals surface area contributed by atoms with Gasteiger partial charge in [-0.05, 0) is 27.2 Å². The van der Waals surface area contributed by atoms with Crippen LogP contribution in [0.3, 0.4) is 0 Å². The van der Waals surface area contributed by atoms with Crippen molar-refractivity contribution in [3.05, 3.63) is 0 Å². The van der Waals surface area contributed by atoms with Crippen LogP contribution in [0.1, 0.15) is 34.1 Å². The van der Waals surface area contributed by atoms with Crippen molar-refractivity contribution < 1.29 is 4.79 Å². The predicted octanol–water partition coefficient (Wildman–Crippen LogP) is 1.52. The average molecular weight is 227 g/mol. The molecule has 1 rings (SSSR count). The largest absolute Gasteiger partial charge is 0.336 e. The number of carbonyl (C=O) groups is 1. The molecule has 0 spiro atoms. The molecule has 94 valence electrons. The molecule has 1 aliphatic heterocycles. The number of nitrogens with zero attached hydrogens (tertiary/aromatic N) is 2. The Morgan fingerprint density at radius 2 is 1.75 bits per heavy atom. The highest BCUT2D eigenvalue weighted by molar-refractivity contribution is 5.74. The number of carbonyl (C=O) groups excluding carboxylic acids is 1. The summed E-state index contributed by atoms with van der Waals surface area (Å²) in [5.41, 5.74) is 0. The lowest BCUT2D eigenvalue weighted by atomic mass is 10.2. The van der Waals surface area contributed by atoms with Crippen LogP contribution in [0.4, 0.5) is 4.79 Å². The number of amides is 2. The second-order valence-corrected chi connectivity index (χ2v) is 4.88. The molecule has 4 nitrogen and oxygen atoms in total. The van der Waals surface area contributed by atoms with Crippen LogP contribution in [0.5, 0.6) is 0 Å². The van der Waals surface area contributed by atoms with Crippen LogP contribution in [0.2, 0.25) is 0 Å². The van der Waals surface area contributed by atoms with E-state index in [0.717, 1.165) is 26.2 Å². The van der Waals surface area contributed by atoms with Gasteiger partial charge in [0.05, 0.1) is 0 Å². The predicted molar refractivity (Wildman–Crippen MR) is 66.6 cm³/mol. The zero-order chi connectivity index (χ0) is 12.1. The van der Waals surface area contributed by atoms with Gasteiger partial charge in [-0.3, -0.25) is 4.90 Å². The molecule has 4 heteroatoms. The Morgan fingerprint density at radius 3 is 2.19 bits per heavy atom. The molecule has 0 aromatic rings. The van der Waals surface area contributed by atoms with Gasteiger partial charge in [0.25, 0.3) is 0 Å². The van der Waals surface area contributed by atoms with E-state index in [0.29, 0.717) is 6.04 Å². The summed E-state index contributed by atoms with van der Waals surface area (Å²) < 4.78 is 0. The Balaban J connectivity index is 2.34. The molecule has 0 aromatic heterocycles. The molecule has 1 aliphatic rings. The summed E-state index contributed by atoms with van der Waals surface area (Å²) >= 11 is 0. The standard InChI is InChI=1S/C12H25N3O/c1-5-11(4)14-6-8-15(9-7-14)12(16)13-10(2)3/h10-11H,5-9H2,1-4H3,(H,13,16). The highest BCUT2D eigenvalue weighted by Crippen LogP contribution is 2.08. The fourth-order valence-corrected chi connectivity index (χ4v) is 1.96. The van der Waals surface area contributed by atoms with E-state index in [1.807, 2.05) is 18.7 Å². The summed E-state index contributed by atoms with van der Waals surface area (Å²) in [7, 11) is 0. The van der Waals surface area contributed by atoms with Crippen LogP contribution in [0.15, 0.2) is 0 Å². The smallest absolute Gasteiger partial charge is 0.317 e. The maximum absolute atomic E-state index is 11.8. The number of piperazine rings is 1. The Morgan fingerprint density at radius 1 is 1.19 bits per heavy atom. The molecule has 0 bridgehead atoms. The van der Waals surface area contributed by atoms with Gasteiger partial charge >= 0.3 is 6.03 Å². The normalized spacial score (nSPS) is 19.9. The van der Waals surface area contributed by atoms with Gasteiger partial charge in [-0.15, -0.1) is 0 Å². The third kappa shape index (κ3) is 3.67. The van der Waals surface area contributed by atoms with Gasteiger partial charge in [-0.1, -0.05) is 6.92 Å².